The number of esters is 1. The summed E-state index contributed by atoms with van der Waals surface area (Å²) in [6, 6.07) is 0. The number of halogens is 2. The van der Waals surface area contributed by atoms with Crippen LogP contribution in [0.15, 0.2) is 23.8 Å². The first-order valence-electron chi connectivity index (χ1n) is 12.8. The normalized spacial score (nSPS) is 42.2. The van der Waals surface area contributed by atoms with Crippen molar-refractivity contribution in [2.45, 2.75) is 76.7 Å². The predicted molar refractivity (Wildman–Crippen MR) is 130 cm³/mol. The second kappa shape index (κ2) is 9.58. The molecule has 10 heteroatoms. The number of ketones is 2. The molecule has 0 aliphatic heterocycles. The zero-order chi connectivity index (χ0) is 27.4. The number of aliphatic hydroxyl groups is 2. The number of Topliss-reactive ketones (excluding diaryl/α,β-unsaturated/α-hetero) is 1. The number of allylic oxidation sites excluding steroid dienone is 4. The van der Waals surface area contributed by atoms with Gasteiger partial charge in [-0.15, -0.1) is 0 Å². The minimum Gasteiger partial charge on any atom is -0.450 e. The Balaban J connectivity index is 1.79. The highest BCUT2D eigenvalue weighted by Gasteiger charge is 2.77. The van der Waals surface area contributed by atoms with Gasteiger partial charge in [0, 0.05) is 47.3 Å². The third kappa shape index (κ3) is 3.91. The van der Waals surface area contributed by atoms with E-state index in [9.17, 15) is 24.3 Å². The van der Waals surface area contributed by atoms with Crippen molar-refractivity contribution in [1.29, 1.82) is 0 Å². The highest BCUT2D eigenvalue weighted by Crippen LogP contribution is 2.71. The average Bonchev–Trinajstić information content (AvgIpc) is 3.04. The quantitative estimate of drug-likeness (QED) is 0.370. The van der Waals surface area contributed by atoms with Gasteiger partial charge in [0.25, 0.3) is 0 Å². The molecule has 0 bridgehead atoms. The smallest absolute Gasteiger partial charge is 0.404 e. The topological polar surface area (TPSA) is 127 Å². The van der Waals surface area contributed by atoms with E-state index in [4.69, 9.17) is 26.2 Å². The number of carbonyl (C=O) groups excluding carboxylic acids is 4. The third-order valence-corrected chi connectivity index (χ3v) is 9.84. The molecular weight excluding hydrogens is 507 g/mol. The number of hydrogen-bond donors (Lipinski definition) is 2. The summed E-state index contributed by atoms with van der Waals surface area (Å²) in [6.45, 7) is 4.19. The Morgan fingerprint density at radius 2 is 1.95 bits per heavy atom. The zero-order valence-corrected chi connectivity index (χ0v) is 22.1. The average molecular weight is 541 g/mol. The van der Waals surface area contributed by atoms with Crippen molar-refractivity contribution in [1.82, 2.24) is 0 Å². The summed E-state index contributed by atoms with van der Waals surface area (Å²) in [7, 11) is 0. The van der Waals surface area contributed by atoms with Gasteiger partial charge in [0.05, 0.1) is 6.10 Å². The van der Waals surface area contributed by atoms with E-state index in [2.05, 4.69) is 0 Å². The van der Waals surface area contributed by atoms with Gasteiger partial charge in [-0.3, -0.25) is 14.4 Å². The molecule has 0 amide bonds. The molecule has 0 spiro atoms. The largest absolute Gasteiger partial charge is 0.450 e. The van der Waals surface area contributed by atoms with Crippen LogP contribution in [-0.2, 0) is 23.9 Å². The Kier molecular flexibility index (Phi) is 7.23. The summed E-state index contributed by atoms with van der Waals surface area (Å²) in [5, 5.41) is 20.7. The maximum Gasteiger partial charge on any atom is 0.404 e. The van der Waals surface area contributed by atoms with Gasteiger partial charge >= 0.3 is 11.4 Å². The van der Waals surface area contributed by atoms with Gasteiger partial charge in [-0.1, -0.05) is 25.5 Å². The van der Waals surface area contributed by atoms with Crippen molar-refractivity contribution >= 4 is 34.6 Å². The van der Waals surface area contributed by atoms with E-state index in [0.717, 1.165) is 0 Å². The Hall–Kier alpha value is -2.10. The minimum atomic E-state index is -2.11. The molecule has 8 nitrogen and oxygen atoms in total. The molecule has 2 N–H and O–H groups in total. The molecule has 0 saturated heterocycles. The fourth-order valence-corrected chi connectivity index (χ4v) is 8.14. The first-order valence-corrected chi connectivity index (χ1v) is 13.1. The molecule has 0 aromatic heterocycles. The van der Waals surface area contributed by atoms with Gasteiger partial charge in [0.1, 0.15) is 0 Å². The first kappa shape index (κ1) is 27.9. The van der Waals surface area contributed by atoms with E-state index in [-0.39, 0.29) is 31.7 Å². The summed E-state index contributed by atoms with van der Waals surface area (Å²) in [6.07, 6.45) is 3.75. The highest BCUT2D eigenvalue weighted by molar-refractivity contribution is 6.61. The number of ether oxygens (including phenoxy) is 2. The van der Waals surface area contributed by atoms with Gasteiger partial charge in [0.15, 0.2) is 23.7 Å². The van der Waals surface area contributed by atoms with Crippen LogP contribution in [0.3, 0.4) is 0 Å². The van der Waals surface area contributed by atoms with Crippen LogP contribution in [-0.4, -0.2) is 63.8 Å². The number of rotatable bonds is 7. The molecule has 0 radical (unpaired) electrons. The molecule has 4 rings (SSSR count). The molecular formula is C27H34ClFO8. The van der Waals surface area contributed by atoms with E-state index in [1.54, 1.807) is 26.8 Å². The number of alkyl halides is 1. The molecule has 3 saturated carbocycles. The maximum atomic E-state index is 17.4. The van der Waals surface area contributed by atoms with E-state index in [1.165, 1.54) is 12.2 Å². The molecule has 0 aromatic carbocycles. The van der Waals surface area contributed by atoms with E-state index < -0.39 is 69.7 Å². The summed E-state index contributed by atoms with van der Waals surface area (Å²) >= 11 is 5.31. The van der Waals surface area contributed by atoms with Crippen LogP contribution in [0, 0.1) is 28.6 Å². The van der Waals surface area contributed by atoms with E-state index in [1.807, 2.05) is 0 Å². The Labute approximate surface area is 220 Å². The Morgan fingerprint density at radius 3 is 2.59 bits per heavy atom. The Bertz CT molecular complexity index is 1070. The zero-order valence-electron chi connectivity index (χ0n) is 21.3. The van der Waals surface area contributed by atoms with Crippen molar-refractivity contribution in [3.8, 4) is 0 Å². The van der Waals surface area contributed by atoms with Gasteiger partial charge in [0.2, 0.25) is 5.78 Å². The van der Waals surface area contributed by atoms with Crippen LogP contribution in [0.5, 0.6) is 0 Å². The van der Waals surface area contributed by atoms with Gasteiger partial charge in [-0.2, -0.15) is 0 Å². The monoisotopic (exact) mass is 540 g/mol. The van der Waals surface area contributed by atoms with E-state index in [0.29, 0.717) is 24.8 Å². The third-order valence-electron chi connectivity index (χ3n) is 9.73. The van der Waals surface area contributed by atoms with Crippen LogP contribution in [0.2, 0.25) is 0 Å². The van der Waals surface area contributed by atoms with Crippen molar-refractivity contribution in [3.05, 3.63) is 23.8 Å². The maximum absolute atomic E-state index is 17.4. The number of aliphatic hydroxyl groups excluding tert-OH is 2. The SMILES string of the molecule is CC1CC2C3CCC4=CC(=O)C=CC4(C)C3(F)C(O)CC2(C)C1(OC(=O)CCCO)C(=O)COC(=O)Cl. The van der Waals surface area contributed by atoms with Gasteiger partial charge in [-0.25, -0.2) is 9.18 Å². The minimum absolute atomic E-state index is 0.131. The predicted octanol–water partition coefficient (Wildman–Crippen LogP) is 3.60. The molecule has 4 aliphatic carbocycles. The van der Waals surface area contributed by atoms with Crippen LogP contribution in [0.1, 0.15) is 59.3 Å². The number of carbonyl (C=O) groups is 4. The summed E-state index contributed by atoms with van der Waals surface area (Å²) in [4.78, 5) is 49.9. The lowest BCUT2D eigenvalue weighted by Gasteiger charge is -2.62. The molecule has 0 aromatic rings. The lowest BCUT2D eigenvalue weighted by Crippen LogP contribution is -2.70. The van der Waals surface area contributed by atoms with Gasteiger partial charge in [-0.05, 0) is 57.1 Å². The second-order valence-corrected chi connectivity index (χ2v) is 11.7. The fourth-order valence-electron chi connectivity index (χ4n) is 8.08. The number of fused-ring (bicyclic) bond motifs is 5. The molecule has 204 valence electrons. The lowest BCUT2D eigenvalue weighted by molar-refractivity contribution is -0.228. The molecule has 37 heavy (non-hydrogen) atoms. The second-order valence-electron chi connectivity index (χ2n) is 11.4. The first-order chi connectivity index (χ1) is 17.3. The number of hydrogen-bond acceptors (Lipinski definition) is 8. The van der Waals surface area contributed by atoms with Crippen LogP contribution < -0.4 is 0 Å². The highest BCUT2D eigenvalue weighted by atomic mass is 35.5. The van der Waals surface area contributed by atoms with Crippen LogP contribution in [0.25, 0.3) is 0 Å². The van der Waals surface area contributed by atoms with Crippen molar-refractivity contribution < 1.29 is 43.3 Å². The molecule has 8 unspecified atom stereocenters. The van der Waals surface area contributed by atoms with E-state index >= 15 is 4.39 Å². The standard InChI is InChI=1S/C27H34ClFO8/c1-15-11-19-18-7-6-16-12-17(31)8-9-24(16,2)26(18,29)20(32)13-25(19,3)27(15,21(33)14-36-23(28)35)37-22(34)5-4-10-30/h8-9,12,15,18-20,30,32H,4-7,10-11,13-14H2,1-3H3. The molecule has 0 heterocycles. The molecule has 3 fully saturated rings. The summed E-state index contributed by atoms with van der Waals surface area (Å²) in [5.74, 6) is -3.33. The van der Waals surface area contributed by atoms with Crippen molar-refractivity contribution in [2.75, 3.05) is 13.2 Å². The molecule has 8 atom stereocenters. The summed E-state index contributed by atoms with van der Waals surface area (Å²) in [5.41, 5.74) is -6.83. The van der Waals surface area contributed by atoms with Crippen molar-refractivity contribution in [2.24, 2.45) is 28.6 Å². The Morgan fingerprint density at radius 1 is 1.24 bits per heavy atom. The summed E-state index contributed by atoms with van der Waals surface area (Å²) < 4.78 is 28.1. The lowest BCUT2D eigenvalue weighted by atomic mass is 9.44. The van der Waals surface area contributed by atoms with Crippen molar-refractivity contribution in [3.63, 3.8) is 0 Å². The van der Waals surface area contributed by atoms with Crippen LogP contribution in [0.4, 0.5) is 9.18 Å². The van der Waals surface area contributed by atoms with Gasteiger partial charge < -0.3 is 19.7 Å². The fraction of sp³-hybridized carbons (Fsp3) is 0.704. The van der Waals surface area contributed by atoms with Crippen LogP contribution >= 0.6 is 11.6 Å². The molecule has 4 aliphatic rings.